The lowest BCUT2D eigenvalue weighted by Crippen LogP contribution is -2.22. The van der Waals surface area contributed by atoms with Crippen molar-refractivity contribution in [2.24, 2.45) is 27.6 Å². The molecule has 0 aliphatic heterocycles. The van der Waals surface area contributed by atoms with E-state index < -0.39 is 0 Å². The molecule has 0 unspecified atom stereocenters. The summed E-state index contributed by atoms with van der Waals surface area (Å²) in [5.74, 6) is 0.520. The Labute approximate surface area is 101 Å². The lowest BCUT2D eigenvalue weighted by molar-refractivity contribution is 1.10. The van der Waals surface area contributed by atoms with Crippen LogP contribution in [0.2, 0.25) is 0 Å². The molecule has 0 bridgehead atoms. The highest BCUT2D eigenvalue weighted by Crippen LogP contribution is 2.34. The van der Waals surface area contributed by atoms with Crippen LogP contribution in [0.3, 0.4) is 0 Å². The topological polar surface area (TPSA) is 76.8 Å². The third kappa shape index (κ3) is 2.84. The Kier molecular flexibility index (Phi) is 3.13. The molecule has 0 radical (unpaired) electrons. The number of nitrogens with two attached hydrogens (primary N) is 2. The highest BCUT2D eigenvalue weighted by molar-refractivity contribution is 6.05. The lowest BCUT2D eigenvalue weighted by atomic mass is 9.99. The summed E-state index contributed by atoms with van der Waals surface area (Å²) >= 11 is 0. The van der Waals surface area contributed by atoms with Gasteiger partial charge in [0.25, 0.3) is 0 Å². The molecular weight excluding hydrogens is 212 g/mol. The SMILES string of the molecule is Cc1ccc(C)c(/C(=N\N=C(N)N)C2CC2)c1. The Morgan fingerprint density at radius 1 is 1.18 bits per heavy atom. The van der Waals surface area contributed by atoms with Gasteiger partial charge in [0.15, 0.2) is 0 Å². The number of hydrogen-bond donors (Lipinski definition) is 2. The van der Waals surface area contributed by atoms with Crippen LogP contribution in [0.1, 0.15) is 29.5 Å². The smallest absolute Gasteiger partial charge is 0.211 e. The van der Waals surface area contributed by atoms with Crippen molar-refractivity contribution >= 4 is 11.7 Å². The summed E-state index contributed by atoms with van der Waals surface area (Å²) in [5.41, 5.74) is 15.3. The van der Waals surface area contributed by atoms with Crippen LogP contribution in [-0.4, -0.2) is 11.7 Å². The maximum absolute atomic E-state index is 5.33. The number of guanidine groups is 1. The molecule has 17 heavy (non-hydrogen) atoms. The summed E-state index contributed by atoms with van der Waals surface area (Å²) in [6.07, 6.45) is 2.35. The van der Waals surface area contributed by atoms with E-state index in [0.717, 1.165) is 11.3 Å². The van der Waals surface area contributed by atoms with Gasteiger partial charge in [-0.2, -0.15) is 5.10 Å². The minimum atomic E-state index is 0.00783. The Morgan fingerprint density at radius 3 is 2.47 bits per heavy atom. The first-order valence-corrected chi connectivity index (χ1v) is 5.82. The first-order valence-electron chi connectivity index (χ1n) is 5.82. The van der Waals surface area contributed by atoms with Gasteiger partial charge in [-0.25, -0.2) is 0 Å². The normalized spacial score (nSPS) is 15.8. The van der Waals surface area contributed by atoms with Crippen LogP contribution in [0.4, 0.5) is 0 Å². The van der Waals surface area contributed by atoms with E-state index in [0.29, 0.717) is 5.92 Å². The second-order valence-corrected chi connectivity index (χ2v) is 4.60. The van der Waals surface area contributed by atoms with Crippen LogP contribution in [0, 0.1) is 19.8 Å². The van der Waals surface area contributed by atoms with Crippen LogP contribution < -0.4 is 11.5 Å². The molecule has 1 aromatic carbocycles. The van der Waals surface area contributed by atoms with Gasteiger partial charge in [-0.3, -0.25) is 0 Å². The minimum absolute atomic E-state index is 0.00783. The molecule has 1 aliphatic carbocycles. The number of benzene rings is 1. The molecule has 0 heterocycles. The highest BCUT2D eigenvalue weighted by atomic mass is 15.3. The van der Waals surface area contributed by atoms with E-state index in [4.69, 9.17) is 11.5 Å². The molecule has 4 heteroatoms. The fourth-order valence-electron chi connectivity index (χ4n) is 1.84. The molecule has 0 aromatic heterocycles. The number of nitrogens with zero attached hydrogens (tertiary/aromatic N) is 2. The molecule has 1 aliphatic rings. The van der Waals surface area contributed by atoms with Crippen molar-refractivity contribution in [3.8, 4) is 0 Å². The number of hydrogen-bond acceptors (Lipinski definition) is 2. The van der Waals surface area contributed by atoms with Gasteiger partial charge in [0, 0.05) is 11.5 Å². The standard InChI is InChI=1S/C13H18N4/c1-8-3-4-9(2)11(7-8)12(10-5-6-10)16-17-13(14)15/h3-4,7,10H,5-6H2,1-2H3,(H4,14,15,17)/b16-12-. The highest BCUT2D eigenvalue weighted by Gasteiger charge is 2.29. The van der Waals surface area contributed by atoms with Crippen LogP contribution in [-0.2, 0) is 0 Å². The minimum Gasteiger partial charge on any atom is -0.369 e. The molecule has 1 saturated carbocycles. The lowest BCUT2D eigenvalue weighted by Gasteiger charge is -2.08. The van der Waals surface area contributed by atoms with Gasteiger partial charge in [-0.05, 0) is 38.3 Å². The summed E-state index contributed by atoms with van der Waals surface area (Å²) < 4.78 is 0. The molecule has 4 N–H and O–H groups in total. The van der Waals surface area contributed by atoms with Crippen LogP contribution >= 0.6 is 0 Å². The Hall–Kier alpha value is -1.84. The summed E-state index contributed by atoms with van der Waals surface area (Å²) in [6.45, 7) is 4.16. The van der Waals surface area contributed by atoms with E-state index in [1.54, 1.807) is 0 Å². The summed E-state index contributed by atoms with van der Waals surface area (Å²) in [6, 6.07) is 6.36. The van der Waals surface area contributed by atoms with Gasteiger partial charge >= 0.3 is 0 Å². The third-order valence-electron chi connectivity index (χ3n) is 2.91. The van der Waals surface area contributed by atoms with Crippen LogP contribution in [0.25, 0.3) is 0 Å². The molecule has 1 fully saturated rings. The summed E-state index contributed by atoms with van der Waals surface area (Å²) in [7, 11) is 0. The average Bonchev–Trinajstić information content (AvgIpc) is 3.07. The summed E-state index contributed by atoms with van der Waals surface area (Å²) in [5, 5.41) is 8.01. The fourth-order valence-corrected chi connectivity index (χ4v) is 1.84. The van der Waals surface area contributed by atoms with Crippen molar-refractivity contribution < 1.29 is 0 Å². The van der Waals surface area contributed by atoms with Gasteiger partial charge in [0.1, 0.15) is 0 Å². The number of aryl methyl sites for hydroxylation is 2. The van der Waals surface area contributed by atoms with Crippen molar-refractivity contribution in [2.75, 3.05) is 0 Å². The Bertz CT molecular complexity index is 480. The first kappa shape index (κ1) is 11.6. The third-order valence-corrected chi connectivity index (χ3v) is 2.91. The Morgan fingerprint density at radius 2 is 1.88 bits per heavy atom. The molecule has 0 spiro atoms. The van der Waals surface area contributed by atoms with E-state index in [1.807, 2.05) is 0 Å². The maximum Gasteiger partial charge on any atom is 0.211 e. The van der Waals surface area contributed by atoms with Gasteiger partial charge in [-0.15, -0.1) is 5.10 Å². The zero-order chi connectivity index (χ0) is 12.4. The first-order chi connectivity index (χ1) is 8.08. The molecule has 2 rings (SSSR count). The van der Waals surface area contributed by atoms with E-state index in [9.17, 15) is 0 Å². The average molecular weight is 230 g/mol. The Balaban J connectivity index is 2.42. The largest absolute Gasteiger partial charge is 0.369 e. The van der Waals surface area contributed by atoms with E-state index in [1.165, 1.54) is 24.0 Å². The van der Waals surface area contributed by atoms with Gasteiger partial charge in [0.2, 0.25) is 5.96 Å². The van der Waals surface area contributed by atoms with Crippen molar-refractivity contribution in [3.05, 3.63) is 34.9 Å². The monoisotopic (exact) mass is 230 g/mol. The molecule has 90 valence electrons. The second-order valence-electron chi connectivity index (χ2n) is 4.60. The maximum atomic E-state index is 5.33. The van der Waals surface area contributed by atoms with Crippen LogP contribution in [0.5, 0.6) is 0 Å². The van der Waals surface area contributed by atoms with E-state index >= 15 is 0 Å². The molecular formula is C13H18N4. The van der Waals surface area contributed by atoms with Crippen molar-refractivity contribution in [3.63, 3.8) is 0 Å². The van der Waals surface area contributed by atoms with Crippen molar-refractivity contribution in [1.29, 1.82) is 0 Å². The predicted octanol–water partition coefficient (Wildman–Crippen LogP) is 1.69. The predicted molar refractivity (Wildman–Crippen MR) is 71.0 cm³/mol. The molecule has 0 amide bonds. The second kappa shape index (κ2) is 4.57. The van der Waals surface area contributed by atoms with Gasteiger partial charge < -0.3 is 11.5 Å². The van der Waals surface area contributed by atoms with Gasteiger partial charge in [0.05, 0.1) is 5.71 Å². The molecule has 1 aromatic rings. The molecule has 0 atom stereocenters. The summed E-state index contributed by atoms with van der Waals surface area (Å²) in [4.78, 5) is 0. The molecule has 0 saturated heterocycles. The van der Waals surface area contributed by atoms with Crippen LogP contribution in [0.15, 0.2) is 28.4 Å². The van der Waals surface area contributed by atoms with E-state index in [2.05, 4.69) is 42.2 Å². The van der Waals surface area contributed by atoms with Crippen molar-refractivity contribution in [1.82, 2.24) is 0 Å². The number of rotatable bonds is 3. The van der Waals surface area contributed by atoms with Crippen molar-refractivity contribution in [2.45, 2.75) is 26.7 Å². The van der Waals surface area contributed by atoms with E-state index in [-0.39, 0.29) is 5.96 Å². The van der Waals surface area contributed by atoms with Gasteiger partial charge in [-0.1, -0.05) is 17.7 Å². The zero-order valence-corrected chi connectivity index (χ0v) is 10.3. The molecule has 4 nitrogen and oxygen atoms in total. The fraction of sp³-hybridized carbons (Fsp3) is 0.385. The quantitative estimate of drug-likeness (QED) is 0.471. The zero-order valence-electron chi connectivity index (χ0n) is 10.3.